The molecule has 116 valence electrons. The van der Waals surface area contributed by atoms with Crippen molar-refractivity contribution in [2.45, 2.75) is 6.42 Å². The van der Waals surface area contributed by atoms with Gasteiger partial charge in [0.15, 0.2) is 0 Å². The molecule has 1 N–H and O–H groups in total. The van der Waals surface area contributed by atoms with Crippen LogP contribution in [0.2, 0.25) is 10.0 Å². The van der Waals surface area contributed by atoms with E-state index in [4.69, 9.17) is 32.7 Å². The van der Waals surface area contributed by atoms with Crippen LogP contribution in [0.15, 0.2) is 36.4 Å². The van der Waals surface area contributed by atoms with Gasteiger partial charge in [-0.25, -0.2) is 0 Å². The number of nitrogens with one attached hydrogen (secondary N) is 1. The molecule has 0 bridgehead atoms. The normalized spacial score (nSPS) is 10.2. The molecule has 6 heteroatoms. The second-order valence-corrected chi connectivity index (χ2v) is 5.37. The van der Waals surface area contributed by atoms with Crippen LogP contribution in [0, 0.1) is 0 Å². The minimum Gasteiger partial charge on any atom is -0.497 e. The van der Waals surface area contributed by atoms with Gasteiger partial charge in [0.2, 0.25) is 5.91 Å². The predicted octanol–water partition coefficient (Wildman–Crippen LogP) is 4.19. The van der Waals surface area contributed by atoms with Crippen molar-refractivity contribution in [3.05, 3.63) is 52.0 Å². The van der Waals surface area contributed by atoms with Gasteiger partial charge >= 0.3 is 0 Å². The molecule has 0 unspecified atom stereocenters. The number of hydrogen-bond donors (Lipinski definition) is 1. The molecule has 0 radical (unpaired) electrons. The van der Waals surface area contributed by atoms with Crippen LogP contribution in [0.25, 0.3) is 0 Å². The first-order valence-corrected chi connectivity index (χ1v) is 7.25. The lowest BCUT2D eigenvalue weighted by Crippen LogP contribution is -2.15. The van der Waals surface area contributed by atoms with Gasteiger partial charge in [-0.2, -0.15) is 0 Å². The average molecular weight is 340 g/mol. The molecule has 0 atom stereocenters. The van der Waals surface area contributed by atoms with Gasteiger partial charge in [0.05, 0.1) is 31.4 Å². The molecule has 0 aliphatic rings. The van der Waals surface area contributed by atoms with Gasteiger partial charge in [0, 0.05) is 10.6 Å². The molecule has 0 spiro atoms. The Bertz CT molecular complexity index is 689. The molecule has 0 saturated heterocycles. The standard InChI is InChI=1S/C16H15Cl2NO3/c1-21-12-4-6-15(22-2)10(7-12)8-16(20)19-14-9-11(17)3-5-13(14)18/h3-7,9H,8H2,1-2H3,(H,19,20). The van der Waals surface area contributed by atoms with Crippen LogP contribution in [0.1, 0.15) is 5.56 Å². The first-order chi connectivity index (χ1) is 10.5. The summed E-state index contributed by atoms with van der Waals surface area (Å²) in [5.74, 6) is 1.05. The highest BCUT2D eigenvalue weighted by atomic mass is 35.5. The smallest absolute Gasteiger partial charge is 0.228 e. The van der Waals surface area contributed by atoms with Crippen molar-refractivity contribution in [3.63, 3.8) is 0 Å². The Labute approximate surface area is 138 Å². The molecule has 0 aliphatic carbocycles. The molecule has 0 heterocycles. The fraction of sp³-hybridized carbons (Fsp3) is 0.188. The van der Waals surface area contributed by atoms with Crippen molar-refractivity contribution in [1.29, 1.82) is 0 Å². The number of halogens is 2. The minimum atomic E-state index is -0.226. The van der Waals surface area contributed by atoms with E-state index in [0.717, 1.165) is 5.56 Å². The monoisotopic (exact) mass is 339 g/mol. The summed E-state index contributed by atoms with van der Waals surface area (Å²) in [5, 5.41) is 3.66. The number of methoxy groups -OCH3 is 2. The first-order valence-electron chi connectivity index (χ1n) is 6.49. The number of benzene rings is 2. The van der Waals surface area contributed by atoms with E-state index >= 15 is 0 Å². The highest BCUT2D eigenvalue weighted by Crippen LogP contribution is 2.27. The molecule has 0 fully saturated rings. The quantitative estimate of drug-likeness (QED) is 0.888. The zero-order valence-electron chi connectivity index (χ0n) is 12.2. The van der Waals surface area contributed by atoms with Crippen molar-refractivity contribution >= 4 is 34.8 Å². The topological polar surface area (TPSA) is 47.6 Å². The third-order valence-corrected chi connectivity index (χ3v) is 3.61. The number of ether oxygens (including phenoxy) is 2. The van der Waals surface area contributed by atoms with E-state index in [1.165, 1.54) is 0 Å². The average Bonchev–Trinajstić information content (AvgIpc) is 2.50. The molecule has 0 aliphatic heterocycles. The van der Waals surface area contributed by atoms with Crippen LogP contribution >= 0.6 is 23.2 Å². The number of rotatable bonds is 5. The van der Waals surface area contributed by atoms with Gasteiger partial charge in [0.1, 0.15) is 11.5 Å². The summed E-state index contributed by atoms with van der Waals surface area (Å²) in [5.41, 5.74) is 1.19. The predicted molar refractivity (Wildman–Crippen MR) is 88.3 cm³/mol. The Morgan fingerprint density at radius 2 is 1.86 bits per heavy atom. The number of carbonyl (C=O) groups excluding carboxylic acids is 1. The van der Waals surface area contributed by atoms with Gasteiger partial charge in [-0.3, -0.25) is 4.79 Å². The van der Waals surface area contributed by atoms with E-state index in [9.17, 15) is 4.79 Å². The van der Waals surface area contributed by atoms with Crippen LogP contribution < -0.4 is 14.8 Å². The lowest BCUT2D eigenvalue weighted by Gasteiger charge is -2.11. The highest BCUT2D eigenvalue weighted by Gasteiger charge is 2.12. The van der Waals surface area contributed by atoms with Crippen LogP contribution in [0.3, 0.4) is 0 Å². The number of carbonyl (C=O) groups is 1. The molecular weight excluding hydrogens is 325 g/mol. The number of amides is 1. The van der Waals surface area contributed by atoms with Gasteiger partial charge < -0.3 is 14.8 Å². The van der Waals surface area contributed by atoms with Gasteiger partial charge in [-0.05, 0) is 36.4 Å². The van der Waals surface area contributed by atoms with Gasteiger partial charge in [-0.1, -0.05) is 23.2 Å². The van der Waals surface area contributed by atoms with E-state index in [1.807, 2.05) is 0 Å². The zero-order valence-corrected chi connectivity index (χ0v) is 13.7. The van der Waals surface area contributed by atoms with Crippen molar-refractivity contribution < 1.29 is 14.3 Å². The van der Waals surface area contributed by atoms with E-state index in [2.05, 4.69) is 5.32 Å². The number of hydrogen-bond acceptors (Lipinski definition) is 3. The van der Waals surface area contributed by atoms with Crippen molar-refractivity contribution in [2.24, 2.45) is 0 Å². The molecule has 2 rings (SSSR count). The van der Waals surface area contributed by atoms with E-state index in [1.54, 1.807) is 50.6 Å². The second kappa shape index (κ2) is 7.38. The third-order valence-electron chi connectivity index (χ3n) is 3.04. The Hall–Kier alpha value is -1.91. The fourth-order valence-corrected chi connectivity index (χ4v) is 2.32. The summed E-state index contributed by atoms with van der Waals surface area (Å²) in [4.78, 5) is 12.2. The van der Waals surface area contributed by atoms with Gasteiger partial charge in [0.25, 0.3) is 0 Å². The molecule has 0 saturated carbocycles. The first kappa shape index (κ1) is 16.5. The Kier molecular flexibility index (Phi) is 5.52. The maximum Gasteiger partial charge on any atom is 0.228 e. The van der Waals surface area contributed by atoms with Crippen LogP contribution in [0.5, 0.6) is 11.5 Å². The SMILES string of the molecule is COc1ccc(OC)c(CC(=O)Nc2cc(Cl)ccc2Cl)c1. The highest BCUT2D eigenvalue weighted by molar-refractivity contribution is 6.35. The molecule has 2 aromatic carbocycles. The molecule has 0 aromatic heterocycles. The van der Waals surface area contributed by atoms with E-state index < -0.39 is 0 Å². The zero-order chi connectivity index (χ0) is 16.1. The van der Waals surface area contributed by atoms with Crippen molar-refractivity contribution in [2.75, 3.05) is 19.5 Å². The van der Waals surface area contributed by atoms with Crippen LogP contribution in [-0.2, 0) is 11.2 Å². The molecule has 4 nitrogen and oxygen atoms in total. The van der Waals surface area contributed by atoms with Crippen LogP contribution in [0.4, 0.5) is 5.69 Å². The van der Waals surface area contributed by atoms with Gasteiger partial charge in [-0.15, -0.1) is 0 Å². The Morgan fingerprint density at radius 1 is 1.09 bits per heavy atom. The maximum absolute atomic E-state index is 12.2. The minimum absolute atomic E-state index is 0.128. The second-order valence-electron chi connectivity index (χ2n) is 4.53. The molecule has 22 heavy (non-hydrogen) atoms. The fourth-order valence-electron chi connectivity index (χ4n) is 1.98. The lowest BCUT2D eigenvalue weighted by molar-refractivity contribution is -0.115. The van der Waals surface area contributed by atoms with Crippen LogP contribution in [-0.4, -0.2) is 20.1 Å². The lowest BCUT2D eigenvalue weighted by atomic mass is 10.1. The summed E-state index contributed by atoms with van der Waals surface area (Å²) in [7, 11) is 3.12. The summed E-state index contributed by atoms with van der Waals surface area (Å²) in [6.07, 6.45) is 0.128. The maximum atomic E-state index is 12.2. The van der Waals surface area contributed by atoms with E-state index in [-0.39, 0.29) is 12.3 Å². The number of anilines is 1. The molecule has 2 aromatic rings. The summed E-state index contributed by atoms with van der Waals surface area (Å²) in [6, 6.07) is 10.2. The Balaban J connectivity index is 2.16. The summed E-state index contributed by atoms with van der Waals surface area (Å²) < 4.78 is 10.4. The third kappa shape index (κ3) is 4.06. The largest absolute Gasteiger partial charge is 0.497 e. The molecular formula is C16H15Cl2NO3. The Morgan fingerprint density at radius 3 is 2.55 bits per heavy atom. The summed E-state index contributed by atoms with van der Waals surface area (Å²) >= 11 is 11.9. The summed E-state index contributed by atoms with van der Waals surface area (Å²) in [6.45, 7) is 0. The van der Waals surface area contributed by atoms with Crippen molar-refractivity contribution in [3.8, 4) is 11.5 Å². The van der Waals surface area contributed by atoms with E-state index in [0.29, 0.717) is 27.2 Å². The molecule has 1 amide bonds. The van der Waals surface area contributed by atoms with Crippen molar-refractivity contribution in [1.82, 2.24) is 0 Å².